The number of aliphatic hydroxyl groups excluding tert-OH is 1. The van der Waals surface area contributed by atoms with Gasteiger partial charge in [0.25, 0.3) is 0 Å². The topological polar surface area (TPSA) is 41.5 Å². The Labute approximate surface area is 117 Å². The van der Waals surface area contributed by atoms with E-state index in [9.17, 15) is 13.2 Å². The van der Waals surface area contributed by atoms with E-state index in [1.807, 2.05) is 6.08 Å². The molecule has 0 radical (unpaired) electrons. The van der Waals surface area contributed by atoms with Gasteiger partial charge in [0.05, 0.1) is 12.0 Å². The van der Waals surface area contributed by atoms with Crippen molar-refractivity contribution in [2.45, 2.75) is 50.4 Å². The lowest BCUT2D eigenvalue weighted by Crippen LogP contribution is -2.34. The molecule has 0 saturated heterocycles. The zero-order valence-electron chi connectivity index (χ0n) is 11.5. The SMILES string of the molecule is OCCCOC1C=C(CNC2CC2)CC(C(F)(F)F)C1. The van der Waals surface area contributed by atoms with Crippen LogP contribution in [0.5, 0.6) is 0 Å². The summed E-state index contributed by atoms with van der Waals surface area (Å²) in [5.74, 6) is -1.32. The fourth-order valence-corrected chi connectivity index (χ4v) is 2.44. The van der Waals surface area contributed by atoms with Crippen molar-refractivity contribution in [2.24, 2.45) is 5.92 Å². The first kappa shape index (κ1) is 15.8. The van der Waals surface area contributed by atoms with Crippen molar-refractivity contribution in [1.29, 1.82) is 0 Å². The number of ether oxygens (including phenoxy) is 1. The van der Waals surface area contributed by atoms with Crippen molar-refractivity contribution < 1.29 is 23.0 Å². The highest BCUT2D eigenvalue weighted by Gasteiger charge is 2.42. The standard InChI is InChI=1S/C14H22F3NO2/c15-14(16,17)11-6-10(9-18-12-2-3-12)7-13(8-11)20-5-1-4-19/h7,11-13,18-19H,1-6,8-9H2. The second-order valence-corrected chi connectivity index (χ2v) is 5.64. The number of halogens is 3. The van der Waals surface area contributed by atoms with Crippen LogP contribution in [0, 0.1) is 5.92 Å². The van der Waals surface area contributed by atoms with Crippen LogP contribution in [0.1, 0.15) is 32.1 Å². The molecule has 0 aliphatic heterocycles. The lowest BCUT2D eigenvalue weighted by atomic mass is 9.86. The van der Waals surface area contributed by atoms with Crippen LogP contribution in [-0.2, 0) is 4.74 Å². The van der Waals surface area contributed by atoms with E-state index in [-0.39, 0.29) is 19.4 Å². The Morgan fingerprint density at radius 3 is 2.70 bits per heavy atom. The molecule has 0 heterocycles. The maximum atomic E-state index is 12.9. The fourth-order valence-electron chi connectivity index (χ4n) is 2.44. The molecule has 0 aromatic heterocycles. The molecule has 0 aromatic carbocycles. The van der Waals surface area contributed by atoms with Crippen LogP contribution < -0.4 is 5.32 Å². The second-order valence-electron chi connectivity index (χ2n) is 5.64. The van der Waals surface area contributed by atoms with E-state index in [1.54, 1.807) is 0 Å². The van der Waals surface area contributed by atoms with Crippen molar-refractivity contribution in [1.82, 2.24) is 5.32 Å². The maximum Gasteiger partial charge on any atom is 0.392 e. The third-order valence-electron chi connectivity index (χ3n) is 3.74. The first-order valence-electron chi connectivity index (χ1n) is 7.21. The number of alkyl halides is 3. The van der Waals surface area contributed by atoms with Gasteiger partial charge in [-0.15, -0.1) is 0 Å². The van der Waals surface area contributed by atoms with E-state index in [0.29, 0.717) is 25.6 Å². The van der Waals surface area contributed by atoms with Gasteiger partial charge in [-0.1, -0.05) is 11.6 Å². The van der Waals surface area contributed by atoms with Gasteiger partial charge in [-0.05, 0) is 32.1 Å². The Bertz CT molecular complexity index is 340. The minimum absolute atomic E-state index is 0.00474. The molecule has 1 saturated carbocycles. The summed E-state index contributed by atoms with van der Waals surface area (Å²) in [7, 11) is 0. The molecule has 6 heteroatoms. The highest BCUT2D eigenvalue weighted by atomic mass is 19.4. The molecule has 2 unspecified atom stereocenters. The van der Waals surface area contributed by atoms with Gasteiger partial charge in [0, 0.05) is 25.8 Å². The van der Waals surface area contributed by atoms with Crippen LogP contribution in [0.2, 0.25) is 0 Å². The van der Waals surface area contributed by atoms with Crippen LogP contribution in [0.25, 0.3) is 0 Å². The summed E-state index contributed by atoms with van der Waals surface area (Å²) in [6.07, 6.45) is -0.0782. The first-order chi connectivity index (χ1) is 9.49. The number of nitrogens with one attached hydrogen (secondary N) is 1. The number of rotatable bonds is 7. The second kappa shape index (κ2) is 6.91. The van der Waals surface area contributed by atoms with Crippen LogP contribution in [0.15, 0.2) is 11.6 Å². The summed E-state index contributed by atoms with van der Waals surface area (Å²) in [5, 5.41) is 12.0. The van der Waals surface area contributed by atoms with Gasteiger partial charge in [-0.3, -0.25) is 0 Å². The first-order valence-corrected chi connectivity index (χ1v) is 7.21. The van der Waals surface area contributed by atoms with Crippen molar-refractivity contribution >= 4 is 0 Å². The fraction of sp³-hybridized carbons (Fsp3) is 0.857. The molecule has 0 spiro atoms. The van der Waals surface area contributed by atoms with Crippen molar-refractivity contribution in [3.63, 3.8) is 0 Å². The minimum atomic E-state index is -4.17. The summed E-state index contributed by atoms with van der Waals surface area (Å²) in [4.78, 5) is 0. The maximum absolute atomic E-state index is 12.9. The molecule has 0 bridgehead atoms. The third kappa shape index (κ3) is 5.07. The lowest BCUT2D eigenvalue weighted by Gasteiger charge is -2.30. The average Bonchev–Trinajstić information content (AvgIpc) is 3.19. The summed E-state index contributed by atoms with van der Waals surface area (Å²) < 4.78 is 44.3. The quantitative estimate of drug-likeness (QED) is 0.559. The van der Waals surface area contributed by atoms with Gasteiger partial charge in [-0.25, -0.2) is 0 Å². The Morgan fingerprint density at radius 1 is 1.35 bits per heavy atom. The van der Waals surface area contributed by atoms with Crippen molar-refractivity contribution in [3.05, 3.63) is 11.6 Å². The lowest BCUT2D eigenvalue weighted by molar-refractivity contribution is -0.183. The predicted molar refractivity (Wildman–Crippen MR) is 69.3 cm³/mol. The molecule has 1 fully saturated rings. The molecular weight excluding hydrogens is 271 g/mol. The summed E-state index contributed by atoms with van der Waals surface area (Å²) in [6.45, 7) is 0.817. The third-order valence-corrected chi connectivity index (χ3v) is 3.74. The van der Waals surface area contributed by atoms with E-state index in [2.05, 4.69) is 5.32 Å². The predicted octanol–water partition coefficient (Wildman–Crippen LogP) is 2.40. The largest absolute Gasteiger partial charge is 0.396 e. The van der Waals surface area contributed by atoms with Crippen LogP contribution in [-0.4, -0.2) is 43.2 Å². The minimum Gasteiger partial charge on any atom is -0.396 e. The Hall–Kier alpha value is -0.590. The molecule has 0 aromatic rings. The van der Waals surface area contributed by atoms with E-state index >= 15 is 0 Å². The summed E-state index contributed by atoms with van der Waals surface area (Å²) in [5.41, 5.74) is 0.791. The molecule has 20 heavy (non-hydrogen) atoms. The number of aliphatic hydroxyl groups is 1. The zero-order valence-corrected chi connectivity index (χ0v) is 11.5. The van der Waals surface area contributed by atoms with Crippen molar-refractivity contribution in [2.75, 3.05) is 19.8 Å². The molecule has 2 rings (SSSR count). The van der Waals surface area contributed by atoms with Crippen LogP contribution >= 0.6 is 0 Å². The molecular formula is C14H22F3NO2. The Balaban J connectivity index is 1.91. The molecule has 2 atom stereocenters. The zero-order chi connectivity index (χ0) is 14.6. The van der Waals surface area contributed by atoms with E-state index in [0.717, 1.165) is 18.4 Å². The van der Waals surface area contributed by atoms with Gasteiger partial charge in [0.1, 0.15) is 0 Å². The highest BCUT2D eigenvalue weighted by molar-refractivity contribution is 5.14. The monoisotopic (exact) mass is 293 g/mol. The summed E-state index contributed by atoms with van der Waals surface area (Å²) >= 11 is 0. The summed E-state index contributed by atoms with van der Waals surface area (Å²) in [6, 6.07) is 0.482. The van der Waals surface area contributed by atoms with Gasteiger partial charge < -0.3 is 15.2 Å². The van der Waals surface area contributed by atoms with Gasteiger partial charge in [0.15, 0.2) is 0 Å². The molecule has 3 nitrogen and oxygen atoms in total. The number of hydrogen-bond donors (Lipinski definition) is 2. The Kier molecular flexibility index (Phi) is 5.46. The smallest absolute Gasteiger partial charge is 0.392 e. The van der Waals surface area contributed by atoms with Gasteiger partial charge in [-0.2, -0.15) is 13.2 Å². The molecule has 0 amide bonds. The van der Waals surface area contributed by atoms with Gasteiger partial charge in [0.2, 0.25) is 0 Å². The van der Waals surface area contributed by atoms with Crippen LogP contribution in [0.4, 0.5) is 13.2 Å². The van der Waals surface area contributed by atoms with E-state index in [1.165, 1.54) is 0 Å². The molecule has 2 N–H and O–H groups in total. The average molecular weight is 293 g/mol. The molecule has 116 valence electrons. The number of hydrogen-bond acceptors (Lipinski definition) is 3. The normalized spacial score (nSPS) is 27.5. The van der Waals surface area contributed by atoms with Crippen molar-refractivity contribution in [3.8, 4) is 0 Å². The van der Waals surface area contributed by atoms with E-state index < -0.39 is 18.2 Å². The molecule has 2 aliphatic rings. The van der Waals surface area contributed by atoms with Crippen LogP contribution in [0.3, 0.4) is 0 Å². The molecule has 2 aliphatic carbocycles. The van der Waals surface area contributed by atoms with Gasteiger partial charge >= 0.3 is 6.18 Å². The Morgan fingerprint density at radius 2 is 2.10 bits per heavy atom. The highest BCUT2D eigenvalue weighted by Crippen LogP contribution is 2.38. The van der Waals surface area contributed by atoms with E-state index in [4.69, 9.17) is 9.84 Å².